The molecule has 1 atom stereocenters. The monoisotopic (exact) mass is 174 g/mol. The second kappa shape index (κ2) is 5.34. The van der Waals surface area contributed by atoms with Crippen LogP contribution in [0.4, 0.5) is 0 Å². The number of terminal acetylenes is 1. The molecule has 1 N–H and O–H groups in total. The van der Waals surface area contributed by atoms with Gasteiger partial charge in [-0.2, -0.15) is 0 Å². The zero-order valence-corrected chi connectivity index (χ0v) is 7.83. The summed E-state index contributed by atoms with van der Waals surface area (Å²) in [5.74, 6) is 2.63. The van der Waals surface area contributed by atoms with E-state index in [0.29, 0.717) is 6.04 Å². The third-order valence-corrected chi connectivity index (χ3v) is 1.80. The summed E-state index contributed by atoms with van der Waals surface area (Å²) in [6.45, 7) is 2.91. The summed E-state index contributed by atoms with van der Waals surface area (Å²) >= 11 is 0. The Morgan fingerprint density at radius 3 is 3.15 bits per heavy atom. The maximum atomic E-state index is 5.20. The molecule has 1 heterocycles. The molecule has 2 heteroatoms. The minimum Gasteiger partial charge on any atom is -0.309 e. The Morgan fingerprint density at radius 1 is 1.69 bits per heavy atom. The molecule has 0 radical (unpaired) electrons. The number of nitrogens with zero attached hydrogens (tertiary/aromatic N) is 1. The van der Waals surface area contributed by atoms with Gasteiger partial charge in [0.25, 0.3) is 0 Å². The molecule has 68 valence electrons. The Bertz CT molecular complexity index is 274. The van der Waals surface area contributed by atoms with Gasteiger partial charge in [0.1, 0.15) is 0 Å². The van der Waals surface area contributed by atoms with Crippen molar-refractivity contribution in [3.05, 3.63) is 30.1 Å². The van der Waals surface area contributed by atoms with E-state index in [9.17, 15) is 0 Å². The van der Waals surface area contributed by atoms with Gasteiger partial charge in [-0.15, -0.1) is 12.3 Å². The normalized spacial score (nSPS) is 12.0. The first-order valence-corrected chi connectivity index (χ1v) is 4.38. The average molecular weight is 174 g/mol. The summed E-state index contributed by atoms with van der Waals surface area (Å²) < 4.78 is 0. The number of rotatable bonds is 4. The third kappa shape index (κ3) is 3.73. The number of hydrogen-bond acceptors (Lipinski definition) is 2. The van der Waals surface area contributed by atoms with Crippen molar-refractivity contribution >= 4 is 0 Å². The van der Waals surface area contributed by atoms with Crippen LogP contribution in [-0.4, -0.2) is 11.0 Å². The summed E-state index contributed by atoms with van der Waals surface area (Å²) in [4.78, 5) is 4.03. The molecule has 0 saturated carbocycles. The highest BCUT2D eigenvalue weighted by Gasteiger charge is 1.98. The van der Waals surface area contributed by atoms with Crippen LogP contribution in [0.25, 0.3) is 0 Å². The molecular weight excluding hydrogens is 160 g/mol. The lowest BCUT2D eigenvalue weighted by atomic mass is 10.2. The largest absolute Gasteiger partial charge is 0.309 e. The number of nitrogens with one attached hydrogen (secondary N) is 1. The Morgan fingerprint density at radius 2 is 2.54 bits per heavy atom. The smallest absolute Gasteiger partial charge is 0.0312 e. The summed E-state index contributed by atoms with van der Waals surface area (Å²) in [7, 11) is 0. The highest BCUT2D eigenvalue weighted by molar-refractivity contribution is 5.08. The first kappa shape index (κ1) is 9.76. The fraction of sp³-hybridized carbons (Fsp3) is 0.364. The van der Waals surface area contributed by atoms with E-state index in [1.165, 1.54) is 5.56 Å². The van der Waals surface area contributed by atoms with E-state index in [1.54, 1.807) is 6.20 Å². The molecule has 0 aliphatic rings. The van der Waals surface area contributed by atoms with E-state index in [0.717, 1.165) is 13.0 Å². The van der Waals surface area contributed by atoms with Crippen LogP contribution in [0.2, 0.25) is 0 Å². The quantitative estimate of drug-likeness (QED) is 0.701. The number of aromatic nitrogens is 1. The molecule has 0 aromatic carbocycles. The molecule has 13 heavy (non-hydrogen) atoms. The topological polar surface area (TPSA) is 24.9 Å². The van der Waals surface area contributed by atoms with Gasteiger partial charge >= 0.3 is 0 Å². The molecule has 0 spiro atoms. The van der Waals surface area contributed by atoms with Gasteiger partial charge in [0.2, 0.25) is 0 Å². The van der Waals surface area contributed by atoms with E-state index in [1.807, 2.05) is 18.3 Å². The molecule has 0 aliphatic carbocycles. The van der Waals surface area contributed by atoms with E-state index in [2.05, 4.69) is 23.1 Å². The van der Waals surface area contributed by atoms with Gasteiger partial charge < -0.3 is 5.32 Å². The van der Waals surface area contributed by atoms with Crippen LogP contribution < -0.4 is 5.32 Å². The van der Waals surface area contributed by atoms with Crippen molar-refractivity contribution in [1.29, 1.82) is 0 Å². The Balaban J connectivity index is 2.32. The van der Waals surface area contributed by atoms with E-state index in [4.69, 9.17) is 6.42 Å². The fourth-order valence-electron chi connectivity index (χ4n) is 1.04. The molecule has 1 aromatic heterocycles. The molecule has 0 fully saturated rings. The van der Waals surface area contributed by atoms with Gasteiger partial charge in [0.05, 0.1) is 0 Å². The standard InChI is InChI=1S/C11H14N2/c1-3-5-10(2)13-9-11-6-4-7-12-8-11/h1,4,6-8,10,13H,5,9H2,2H3. The van der Waals surface area contributed by atoms with Gasteiger partial charge in [-0.1, -0.05) is 6.07 Å². The van der Waals surface area contributed by atoms with Crippen LogP contribution in [0.3, 0.4) is 0 Å². The Hall–Kier alpha value is -1.33. The number of pyridine rings is 1. The highest BCUT2D eigenvalue weighted by Crippen LogP contribution is 1.96. The molecule has 0 bridgehead atoms. The van der Waals surface area contributed by atoms with Gasteiger partial charge in [0.15, 0.2) is 0 Å². The van der Waals surface area contributed by atoms with E-state index >= 15 is 0 Å². The number of hydrogen-bond donors (Lipinski definition) is 1. The third-order valence-electron chi connectivity index (χ3n) is 1.80. The van der Waals surface area contributed by atoms with Crippen molar-refractivity contribution in [3.8, 4) is 12.3 Å². The van der Waals surface area contributed by atoms with Crippen LogP contribution in [0.1, 0.15) is 18.9 Å². The SMILES string of the molecule is C#CCC(C)NCc1cccnc1. The van der Waals surface area contributed by atoms with Crippen molar-refractivity contribution in [1.82, 2.24) is 10.3 Å². The van der Waals surface area contributed by atoms with Gasteiger partial charge in [-0.3, -0.25) is 4.98 Å². The molecule has 0 aliphatic heterocycles. The maximum absolute atomic E-state index is 5.20. The molecule has 1 unspecified atom stereocenters. The molecule has 0 saturated heterocycles. The maximum Gasteiger partial charge on any atom is 0.0312 e. The highest BCUT2D eigenvalue weighted by atomic mass is 14.9. The summed E-state index contributed by atoms with van der Waals surface area (Å²) in [5, 5.41) is 3.32. The van der Waals surface area contributed by atoms with Crippen molar-refractivity contribution in [3.63, 3.8) is 0 Å². The van der Waals surface area contributed by atoms with Gasteiger partial charge in [0, 0.05) is 31.4 Å². The zero-order valence-electron chi connectivity index (χ0n) is 7.83. The summed E-state index contributed by atoms with van der Waals surface area (Å²) in [6.07, 6.45) is 9.59. The minimum absolute atomic E-state index is 0.366. The predicted molar refractivity (Wildman–Crippen MR) is 54.0 cm³/mol. The van der Waals surface area contributed by atoms with Crippen LogP contribution in [0.15, 0.2) is 24.5 Å². The predicted octanol–water partition coefficient (Wildman–Crippen LogP) is 1.58. The van der Waals surface area contributed by atoms with Crippen LogP contribution in [-0.2, 0) is 6.54 Å². The van der Waals surface area contributed by atoms with Crippen LogP contribution in [0.5, 0.6) is 0 Å². The summed E-state index contributed by atoms with van der Waals surface area (Å²) in [5.41, 5.74) is 1.19. The average Bonchev–Trinajstić information content (AvgIpc) is 2.17. The first-order valence-electron chi connectivity index (χ1n) is 4.38. The molecule has 2 nitrogen and oxygen atoms in total. The second-order valence-corrected chi connectivity index (χ2v) is 3.05. The van der Waals surface area contributed by atoms with Crippen LogP contribution in [0, 0.1) is 12.3 Å². The van der Waals surface area contributed by atoms with Crippen molar-refractivity contribution in [2.45, 2.75) is 25.9 Å². The fourth-order valence-corrected chi connectivity index (χ4v) is 1.04. The van der Waals surface area contributed by atoms with Gasteiger partial charge in [-0.25, -0.2) is 0 Å². The van der Waals surface area contributed by atoms with Crippen molar-refractivity contribution in [2.75, 3.05) is 0 Å². The van der Waals surface area contributed by atoms with E-state index < -0.39 is 0 Å². The van der Waals surface area contributed by atoms with Crippen molar-refractivity contribution < 1.29 is 0 Å². The lowest BCUT2D eigenvalue weighted by Gasteiger charge is -2.09. The van der Waals surface area contributed by atoms with E-state index in [-0.39, 0.29) is 0 Å². The van der Waals surface area contributed by atoms with Gasteiger partial charge in [-0.05, 0) is 18.6 Å². The lowest BCUT2D eigenvalue weighted by Crippen LogP contribution is -2.24. The Kier molecular flexibility index (Phi) is 4.01. The minimum atomic E-state index is 0.366. The molecule has 1 aromatic rings. The summed E-state index contributed by atoms with van der Waals surface area (Å²) in [6, 6.07) is 4.34. The molecule has 1 rings (SSSR count). The first-order chi connectivity index (χ1) is 6.33. The zero-order chi connectivity index (χ0) is 9.52. The lowest BCUT2D eigenvalue weighted by molar-refractivity contribution is 0.559. The Labute approximate surface area is 79.4 Å². The van der Waals surface area contributed by atoms with Crippen LogP contribution >= 0.6 is 0 Å². The van der Waals surface area contributed by atoms with Crippen molar-refractivity contribution in [2.24, 2.45) is 0 Å². The second-order valence-electron chi connectivity index (χ2n) is 3.05. The molecule has 0 amide bonds. The molecular formula is C11H14N2.